The molecule has 1 aliphatic carbocycles. The Kier molecular flexibility index (Phi) is 2.27. The van der Waals surface area contributed by atoms with Crippen LogP contribution in [0.3, 0.4) is 0 Å². The Labute approximate surface area is 107 Å². The Balaban J connectivity index is 1.55. The molecule has 4 rings (SSSR count). The number of imidazole rings is 1. The molecule has 0 bridgehead atoms. The zero-order valence-electron chi connectivity index (χ0n) is 10.3. The predicted molar refractivity (Wildman–Crippen MR) is 70.7 cm³/mol. The molecule has 0 amide bonds. The summed E-state index contributed by atoms with van der Waals surface area (Å²) in [7, 11) is 0. The van der Waals surface area contributed by atoms with Crippen molar-refractivity contribution in [1.29, 1.82) is 0 Å². The van der Waals surface area contributed by atoms with Crippen LogP contribution in [0.25, 0.3) is 0 Å². The maximum Gasteiger partial charge on any atom is 0.0948 e. The summed E-state index contributed by atoms with van der Waals surface area (Å²) in [4.78, 5) is 4.33. The summed E-state index contributed by atoms with van der Waals surface area (Å²) in [5, 5.41) is 3.33. The van der Waals surface area contributed by atoms with Gasteiger partial charge in [0.2, 0.25) is 0 Å². The number of hydrogen-bond donors (Lipinski definition) is 1. The first-order valence-corrected chi connectivity index (χ1v) is 6.70. The number of aromatic nitrogens is 2. The summed E-state index contributed by atoms with van der Waals surface area (Å²) < 4.78 is 2.35. The van der Waals surface area contributed by atoms with Crippen LogP contribution in [0.15, 0.2) is 36.8 Å². The highest BCUT2D eigenvalue weighted by molar-refractivity contribution is 5.39. The van der Waals surface area contributed by atoms with E-state index in [9.17, 15) is 0 Å². The first kappa shape index (κ1) is 10.3. The van der Waals surface area contributed by atoms with Crippen LogP contribution in [0.1, 0.15) is 28.7 Å². The highest BCUT2D eigenvalue weighted by Gasteiger charge is 2.28. The fraction of sp³-hybridized carbons (Fsp3) is 0.400. The molecule has 1 aromatic carbocycles. The van der Waals surface area contributed by atoms with Crippen molar-refractivity contribution in [2.24, 2.45) is 0 Å². The van der Waals surface area contributed by atoms with Crippen LogP contribution in [0.5, 0.6) is 0 Å². The fourth-order valence-electron chi connectivity index (χ4n) is 3.08. The maximum absolute atomic E-state index is 4.33. The van der Waals surface area contributed by atoms with E-state index in [4.69, 9.17) is 0 Å². The summed E-state index contributed by atoms with van der Waals surface area (Å²) in [6, 6.07) is 8.80. The van der Waals surface area contributed by atoms with E-state index >= 15 is 0 Å². The van der Waals surface area contributed by atoms with Crippen molar-refractivity contribution in [3.63, 3.8) is 0 Å². The van der Waals surface area contributed by atoms with Gasteiger partial charge in [-0.2, -0.15) is 0 Å². The average Bonchev–Trinajstić information content (AvgIpc) is 2.72. The standard InChI is InChI=1S/C15H17N3/c1-2-4-14-11(3-1)5-12(14)9-18-10-17-8-15(18)13-6-16-7-13/h1-4,8,10,12-13,16H,5-7,9H2. The van der Waals surface area contributed by atoms with Gasteiger partial charge in [0.15, 0.2) is 0 Å². The van der Waals surface area contributed by atoms with Crippen LogP contribution in [0, 0.1) is 0 Å². The molecule has 3 nitrogen and oxygen atoms in total. The number of fused-ring (bicyclic) bond motifs is 1. The molecule has 0 spiro atoms. The van der Waals surface area contributed by atoms with Gasteiger partial charge in [-0.15, -0.1) is 0 Å². The molecule has 1 fully saturated rings. The highest BCUT2D eigenvalue weighted by Crippen LogP contribution is 2.36. The van der Waals surface area contributed by atoms with Gasteiger partial charge in [-0.05, 0) is 17.5 Å². The molecule has 1 N–H and O–H groups in total. The molecule has 1 unspecified atom stereocenters. The van der Waals surface area contributed by atoms with Crippen molar-refractivity contribution in [2.75, 3.05) is 13.1 Å². The van der Waals surface area contributed by atoms with Gasteiger partial charge in [-0.25, -0.2) is 4.98 Å². The van der Waals surface area contributed by atoms with E-state index in [2.05, 4.69) is 39.1 Å². The topological polar surface area (TPSA) is 29.9 Å². The van der Waals surface area contributed by atoms with Crippen molar-refractivity contribution in [2.45, 2.75) is 24.8 Å². The lowest BCUT2D eigenvalue weighted by Crippen LogP contribution is -2.41. The lowest BCUT2D eigenvalue weighted by atomic mass is 9.77. The molecule has 1 atom stereocenters. The predicted octanol–water partition coefficient (Wildman–Crippen LogP) is 1.91. The minimum absolute atomic E-state index is 0.669. The van der Waals surface area contributed by atoms with Gasteiger partial charge in [0.1, 0.15) is 0 Å². The molecule has 1 saturated heterocycles. The van der Waals surface area contributed by atoms with Crippen molar-refractivity contribution >= 4 is 0 Å². The molecule has 0 saturated carbocycles. The summed E-state index contributed by atoms with van der Waals surface area (Å²) >= 11 is 0. The van der Waals surface area contributed by atoms with Crippen LogP contribution in [0.4, 0.5) is 0 Å². The lowest BCUT2D eigenvalue weighted by Gasteiger charge is -2.33. The Hall–Kier alpha value is -1.61. The van der Waals surface area contributed by atoms with Crippen molar-refractivity contribution in [1.82, 2.24) is 14.9 Å². The molecule has 2 aliphatic rings. The van der Waals surface area contributed by atoms with E-state index in [-0.39, 0.29) is 0 Å². The molecule has 18 heavy (non-hydrogen) atoms. The number of nitrogens with one attached hydrogen (secondary N) is 1. The zero-order valence-corrected chi connectivity index (χ0v) is 10.3. The van der Waals surface area contributed by atoms with Gasteiger partial charge in [-0.1, -0.05) is 24.3 Å². The van der Waals surface area contributed by atoms with Gasteiger partial charge < -0.3 is 9.88 Å². The van der Waals surface area contributed by atoms with E-state index in [1.54, 1.807) is 0 Å². The second-order valence-corrected chi connectivity index (χ2v) is 5.43. The van der Waals surface area contributed by atoms with E-state index in [0.29, 0.717) is 11.8 Å². The Morgan fingerprint density at radius 1 is 1.28 bits per heavy atom. The first-order chi connectivity index (χ1) is 8.92. The van der Waals surface area contributed by atoms with Gasteiger partial charge in [-0.3, -0.25) is 0 Å². The van der Waals surface area contributed by atoms with Crippen molar-refractivity contribution < 1.29 is 0 Å². The van der Waals surface area contributed by atoms with Crippen LogP contribution >= 0.6 is 0 Å². The second-order valence-electron chi connectivity index (χ2n) is 5.43. The summed E-state index contributed by atoms with van der Waals surface area (Å²) in [5.74, 6) is 1.35. The molecular weight excluding hydrogens is 222 g/mol. The van der Waals surface area contributed by atoms with E-state index in [1.165, 1.54) is 23.2 Å². The molecule has 1 aliphatic heterocycles. The summed E-state index contributed by atoms with van der Waals surface area (Å²) in [6.45, 7) is 3.29. The normalized spacial score (nSPS) is 22.1. The molecule has 2 heterocycles. The van der Waals surface area contributed by atoms with E-state index in [1.807, 2.05) is 12.5 Å². The summed E-state index contributed by atoms with van der Waals surface area (Å²) in [6.07, 6.45) is 5.25. The Morgan fingerprint density at radius 2 is 2.17 bits per heavy atom. The second kappa shape index (κ2) is 3.95. The Morgan fingerprint density at radius 3 is 2.94 bits per heavy atom. The minimum Gasteiger partial charge on any atom is -0.334 e. The molecule has 1 aromatic heterocycles. The molecule has 0 radical (unpaired) electrons. The average molecular weight is 239 g/mol. The zero-order chi connectivity index (χ0) is 11.9. The third-order valence-electron chi connectivity index (χ3n) is 4.32. The van der Waals surface area contributed by atoms with Gasteiger partial charge in [0, 0.05) is 43.4 Å². The maximum atomic E-state index is 4.33. The van der Waals surface area contributed by atoms with Crippen LogP contribution < -0.4 is 5.32 Å². The largest absolute Gasteiger partial charge is 0.334 e. The Bertz CT molecular complexity index is 569. The monoisotopic (exact) mass is 239 g/mol. The van der Waals surface area contributed by atoms with Crippen LogP contribution in [0.2, 0.25) is 0 Å². The third kappa shape index (κ3) is 1.51. The smallest absolute Gasteiger partial charge is 0.0948 e. The summed E-state index contributed by atoms with van der Waals surface area (Å²) in [5.41, 5.74) is 4.46. The molecule has 2 aromatic rings. The van der Waals surface area contributed by atoms with Crippen LogP contribution in [-0.2, 0) is 13.0 Å². The molecule has 92 valence electrons. The van der Waals surface area contributed by atoms with Gasteiger partial charge >= 0.3 is 0 Å². The minimum atomic E-state index is 0.669. The molecular formula is C15H17N3. The fourth-order valence-corrected chi connectivity index (χ4v) is 3.08. The van der Waals surface area contributed by atoms with Crippen molar-refractivity contribution in [3.05, 3.63) is 53.6 Å². The number of nitrogens with zero attached hydrogens (tertiary/aromatic N) is 2. The highest BCUT2D eigenvalue weighted by atomic mass is 15.1. The van der Waals surface area contributed by atoms with Crippen molar-refractivity contribution in [3.8, 4) is 0 Å². The number of hydrogen-bond acceptors (Lipinski definition) is 2. The first-order valence-electron chi connectivity index (χ1n) is 6.70. The van der Waals surface area contributed by atoms with Gasteiger partial charge in [0.05, 0.1) is 6.33 Å². The lowest BCUT2D eigenvalue weighted by molar-refractivity contribution is 0.409. The van der Waals surface area contributed by atoms with E-state index in [0.717, 1.165) is 19.6 Å². The molecule has 3 heteroatoms. The van der Waals surface area contributed by atoms with Gasteiger partial charge in [0.25, 0.3) is 0 Å². The van der Waals surface area contributed by atoms with Crippen LogP contribution in [-0.4, -0.2) is 22.6 Å². The quantitative estimate of drug-likeness (QED) is 0.886. The number of rotatable bonds is 3. The number of benzene rings is 1. The van der Waals surface area contributed by atoms with E-state index < -0.39 is 0 Å². The third-order valence-corrected chi connectivity index (χ3v) is 4.32. The SMILES string of the molecule is c1ccc2c(c1)CC2Cn1cncc1C1CNC1.